The van der Waals surface area contributed by atoms with E-state index in [9.17, 15) is 4.79 Å². The lowest BCUT2D eigenvalue weighted by molar-refractivity contribution is -0.134. The maximum absolute atomic E-state index is 11.6. The Hall–Kier alpha value is -2.61. The molecule has 2 rings (SSSR count). The van der Waals surface area contributed by atoms with Crippen molar-refractivity contribution >= 4 is 17.1 Å². The fourth-order valence-corrected chi connectivity index (χ4v) is 1.93. The molecule has 20 heavy (non-hydrogen) atoms. The van der Waals surface area contributed by atoms with Crippen LogP contribution in [0.3, 0.4) is 0 Å². The highest BCUT2D eigenvalue weighted by atomic mass is 16.5. The van der Waals surface area contributed by atoms with Gasteiger partial charge in [-0.1, -0.05) is 67.2 Å². The molecule has 0 atom stereocenters. The molecule has 2 aromatic carbocycles. The molecule has 0 N–H and O–H groups in total. The van der Waals surface area contributed by atoms with Crippen LogP contribution < -0.4 is 0 Å². The zero-order valence-corrected chi connectivity index (χ0v) is 11.4. The average Bonchev–Trinajstić information content (AvgIpc) is 2.53. The first-order chi connectivity index (χ1) is 9.72. The summed E-state index contributed by atoms with van der Waals surface area (Å²) in [5.74, 6) is -0.388. The van der Waals surface area contributed by atoms with Gasteiger partial charge in [0.15, 0.2) is 0 Å². The summed E-state index contributed by atoms with van der Waals surface area (Å²) in [6.45, 7) is 4.11. The molecule has 0 aliphatic carbocycles. The zero-order chi connectivity index (χ0) is 14.4. The van der Waals surface area contributed by atoms with Gasteiger partial charge in [0, 0.05) is 6.08 Å². The Bertz CT molecular complexity index is 625. The van der Waals surface area contributed by atoms with Gasteiger partial charge in [-0.25, -0.2) is 4.79 Å². The summed E-state index contributed by atoms with van der Waals surface area (Å²) in [6.07, 6.45) is 1.48. The minimum absolute atomic E-state index is 0.388. The van der Waals surface area contributed by atoms with Crippen molar-refractivity contribution in [1.29, 1.82) is 0 Å². The van der Waals surface area contributed by atoms with Crippen molar-refractivity contribution in [1.82, 2.24) is 0 Å². The number of carbonyl (C=O) groups is 1. The van der Waals surface area contributed by atoms with Crippen LogP contribution in [-0.2, 0) is 9.53 Å². The lowest BCUT2D eigenvalue weighted by Gasteiger charge is -2.11. The number of ether oxygens (including phenoxy) is 1. The van der Waals surface area contributed by atoms with Crippen molar-refractivity contribution in [3.05, 3.63) is 84.4 Å². The van der Waals surface area contributed by atoms with E-state index >= 15 is 0 Å². The van der Waals surface area contributed by atoms with Crippen LogP contribution in [0, 0.1) is 0 Å². The highest BCUT2D eigenvalue weighted by molar-refractivity contribution is 6.10. The number of esters is 1. The molecular weight excluding hydrogens is 248 g/mol. The fraction of sp³-hybridized carbons (Fsp3) is 0.0556. The highest BCUT2D eigenvalue weighted by Gasteiger charge is 2.10. The first-order valence-corrected chi connectivity index (χ1v) is 6.32. The van der Waals surface area contributed by atoms with Crippen LogP contribution >= 0.6 is 0 Å². The van der Waals surface area contributed by atoms with Gasteiger partial charge in [0.25, 0.3) is 0 Å². The third-order valence-electron chi connectivity index (χ3n) is 3.00. The van der Waals surface area contributed by atoms with Gasteiger partial charge in [0.05, 0.1) is 7.11 Å². The van der Waals surface area contributed by atoms with Crippen LogP contribution in [-0.4, -0.2) is 13.1 Å². The molecule has 0 aromatic heterocycles. The summed E-state index contributed by atoms with van der Waals surface area (Å²) >= 11 is 0. The van der Waals surface area contributed by atoms with Crippen molar-refractivity contribution < 1.29 is 9.53 Å². The van der Waals surface area contributed by atoms with Gasteiger partial charge in [-0.2, -0.15) is 0 Å². The number of methoxy groups -OCH3 is 1. The molecule has 0 fully saturated rings. The molecule has 100 valence electrons. The minimum atomic E-state index is -0.388. The van der Waals surface area contributed by atoms with E-state index in [-0.39, 0.29) is 5.97 Å². The second-order valence-electron chi connectivity index (χ2n) is 4.29. The van der Waals surface area contributed by atoms with Gasteiger partial charge in [-0.05, 0) is 22.3 Å². The molecule has 0 unspecified atom stereocenters. The Balaban J connectivity index is 2.45. The largest absolute Gasteiger partial charge is 0.466 e. The molecule has 0 saturated heterocycles. The van der Waals surface area contributed by atoms with E-state index in [1.54, 1.807) is 0 Å². The summed E-state index contributed by atoms with van der Waals surface area (Å²) < 4.78 is 4.73. The maximum Gasteiger partial charge on any atom is 0.331 e. The summed E-state index contributed by atoms with van der Waals surface area (Å²) in [6, 6.07) is 19.5. The first-order valence-electron chi connectivity index (χ1n) is 6.32. The molecule has 0 spiro atoms. The van der Waals surface area contributed by atoms with Gasteiger partial charge in [0.2, 0.25) is 0 Å². The Morgan fingerprint density at radius 3 is 1.95 bits per heavy atom. The zero-order valence-electron chi connectivity index (χ0n) is 11.4. The number of allylic oxidation sites excluding steroid dienone is 2. The third kappa shape index (κ3) is 3.23. The van der Waals surface area contributed by atoms with Crippen LogP contribution in [0.25, 0.3) is 11.1 Å². The predicted octanol–water partition coefficient (Wildman–Crippen LogP) is 3.96. The Morgan fingerprint density at radius 2 is 1.45 bits per heavy atom. The van der Waals surface area contributed by atoms with Gasteiger partial charge in [-0.15, -0.1) is 0 Å². The topological polar surface area (TPSA) is 26.3 Å². The summed E-state index contributed by atoms with van der Waals surface area (Å²) in [5, 5.41) is 0. The van der Waals surface area contributed by atoms with Gasteiger partial charge in [-0.3, -0.25) is 0 Å². The minimum Gasteiger partial charge on any atom is -0.466 e. The van der Waals surface area contributed by atoms with Crippen molar-refractivity contribution in [2.24, 2.45) is 0 Å². The standard InChI is InChI=1S/C18H16O2/c1-14(15-9-5-3-6-10-15)17(13-18(19)20-2)16-11-7-4-8-12-16/h3-13H,1H2,2H3/b17-13-. The highest BCUT2D eigenvalue weighted by Crippen LogP contribution is 2.29. The van der Waals surface area contributed by atoms with Crippen LogP contribution in [0.15, 0.2) is 73.3 Å². The van der Waals surface area contributed by atoms with E-state index in [1.165, 1.54) is 13.2 Å². The first kappa shape index (κ1) is 13.8. The van der Waals surface area contributed by atoms with Gasteiger partial charge in [0.1, 0.15) is 0 Å². The second-order valence-corrected chi connectivity index (χ2v) is 4.29. The molecule has 0 amide bonds. The second kappa shape index (κ2) is 6.53. The number of hydrogen-bond acceptors (Lipinski definition) is 2. The van der Waals surface area contributed by atoms with E-state index in [4.69, 9.17) is 4.74 Å². The monoisotopic (exact) mass is 264 g/mol. The van der Waals surface area contributed by atoms with Crippen LogP contribution in [0.5, 0.6) is 0 Å². The van der Waals surface area contributed by atoms with Crippen molar-refractivity contribution in [2.75, 3.05) is 7.11 Å². The van der Waals surface area contributed by atoms with Crippen LogP contribution in [0.4, 0.5) is 0 Å². The molecule has 0 radical (unpaired) electrons. The predicted molar refractivity (Wildman–Crippen MR) is 81.9 cm³/mol. The van der Waals surface area contributed by atoms with Crippen molar-refractivity contribution in [3.8, 4) is 0 Å². The molecule has 0 bridgehead atoms. The maximum atomic E-state index is 11.6. The summed E-state index contributed by atoms with van der Waals surface area (Å²) in [5.41, 5.74) is 3.48. The number of carbonyl (C=O) groups excluding carboxylic acids is 1. The summed E-state index contributed by atoms with van der Waals surface area (Å²) in [7, 11) is 1.37. The Labute approximate surface area is 119 Å². The summed E-state index contributed by atoms with van der Waals surface area (Å²) in [4.78, 5) is 11.6. The van der Waals surface area contributed by atoms with Gasteiger partial charge >= 0.3 is 5.97 Å². The Morgan fingerprint density at radius 1 is 0.950 bits per heavy atom. The SMILES string of the molecule is C=C(/C(=C/C(=O)OC)c1ccccc1)c1ccccc1. The lowest BCUT2D eigenvalue weighted by Crippen LogP contribution is -1.98. The molecule has 0 aliphatic rings. The molecule has 2 nitrogen and oxygen atoms in total. The van der Waals surface area contributed by atoms with E-state index in [0.717, 1.165) is 22.3 Å². The van der Waals surface area contributed by atoms with Crippen molar-refractivity contribution in [2.45, 2.75) is 0 Å². The van der Waals surface area contributed by atoms with E-state index in [0.29, 0.717) is 0 Å². The van der Waals surface area contributed by atoms with Crippen LogP contribution in [0.1, 0.15) is 11.1 Å². The lowest BCUT2D eigenvalue weighted by atomic mass is 9.93. The molecule has 2 heteroatoms. The molecule has 0 heterocycles. The fourth-order valence-electron chi connectivity index (χ4n) is 1.93. The molecular formula is C18H16O2. The average molecular weight is 264 g/mol. The smallest absolute Gasteiger partial charge is 0.331 e. The van der Waals surface area contributed by atoms with Gasteiger partial charge < -0.3 is 4.74 Å². The number of benzene rings is 2. The van der Waals surface area contributed by atoms with E-state index in [2.05, 4.69) is 6.58 Å². The Kier molecular flexibility index (Phi) is 4.51. The van der Waals surface area contributed by atoms with Crippen molar-refractivity contribution in [3.63, 3.8) is 0 Å². The van der Waals surface area contributed by atoms with Crippen LogP contribution in [0.2, 0.25) is 0 Å². The number of hydrogen-bond donors (Lipinski definition) is 0. The van der Waals surface area contributed by atoms with E-state index in [1.807, 2.05) is 60.7 Å². The number of rotatable bonds is 4. The normalized spacial score (nSPS) is 10.9. The quantitative estimate of drug-likeness (QED) is 0.474. The third-order valence-corrected chi connectivity index (χ3v) is 3.00. The van der Waals surface area contributed by atoms with E-state index < -0.39 is 0 Å². The molecule has 0 saturated carbocycles. The molecule has 2 aromatic rings. The molecule has 0 aliphatic heterocycles.